The molecular weight excluding hydrogens is 286 g/mol. The van der Waals surface area contributed by atoms with E-state index in [1.54, 1.807) is 26.0 Å². The van der Waals surface area contributed by atoms with Crippen molar-refractivity contribution in [3.8, 4) is 0 Å². The van der Waals surface area contributed by atoms with Crippen molar-refractivity contribution in [3.05, 3.63) is 23.3 Å². The number of ether oxygens (including phenoxy) is 1. The third-order valence-corrected chi connectivity index (χ3v) is 3.71. The zero-order chi connectivity index (χ0) is 14.6. The number of carbonyl (C=O) groups excluding carboxylic acids is 1. The lowest BCUT2D eigenvalue weighted by atomic mass is 10.1. The summed E-state index contributed by atoms with van der Waals surface area (Å²) in [4.78, 5) is 12.5. The predicted molar refractivity (Wildman–Crippen MR) is 77.4 cm³/mol. The van der Waals surface area contributed by atoms with Crippen LogP contribution in [0.3, 0.4) is 0 Å². The average Bonchev–Trinajstić information content (AvgIpc) is 2.29. The van der Waals surface area contributed by atoms with Gasteiger partial charge in [-0.05, 0) is 37.8 Å². The van der Waals surface area contributed by atoms with Gasteiger partial charge in [0, 0.05) is 4.90 Å². The lowest BCUT2D eigenvalue weighted by Gasteiger charge is -2.13. The van der Waals surface area contributed by atoms with E-state index in [-0.39, 0.29) is 0 Å². The average molecular weight is 303 g/mol. The highest BCUT2D eigenvalue weighted by atomic mass is 32.2. The summed E-state index contributed by atoms with van der Waals surface area (Å²) in [6.45, 7) is 3.78. The molecule has 0 aromatic heterocycles. The molecule has 0 saturated carbocycles. The van der Waals surface area contributed by atoms with Gasteiger partial charge >= 0.3 is 5.97 Å². The van der Waals surface area contributed by atoms with Crippen LogP contribution in [-0.4, -0.2) is 33.5 Å². The first-order chi connectivity index (χ1) is 8.78. The zero-order valence-electron chi connectivity index (χ0n) is 11.3. The van der Waals surface area contributed by atoms with Crippen molar-refractivity contribution in [1.29, 1.82) is 0 Å². The molecule has 1 aromatic carbocycles. The molecule has 0 aliphatic rings. The second-order valence-electron chi connectivity index (χ2n) is 3.96. The molecule has 106 valence electrons. The molecule has 1 aromatic rings. The van der Waals surface area contributed by atoms with Gasteiger partial charge in [-0.1, -0.05) is 0 Å². The van der Waals surface area contributed by atoms with E-state index in [9.17, 15) is 13.2 Å². The third kappa shape index (κ3) is 4.43. The highest BCUT2D eigenvalue weighted by Crippen LogP contribution is 2.28. The van der Waals surface area contributed by atoms with Crippen molar-refractivity contribution in [2.24, 2.45) is 0 Å². The molecule has 0 bridgehead atoms. The molecule has 0 unspecified atom stereocenters. The van der Waals surface area contributed by atoms with Crippen molar-refractivity contribution in [1.82, 2.24) is 0 Å². The Bertz CT molecular complexity index is 582. The standard InChI is InChI=1S/C12H17NO4S2/c1-5-17-12(14)9-6-8(2)10(7-11(9)18-3)13-19(4,15)16/h6-7,13H,5H2,1-4H3. The first-order valence-electron chi connectivity index (χ1n) is 5.62. The van der Waals surface area contributed by atoms with Crippen LogP contribution in [0.25, 0.3) is 0 Å². The molecule has 0 heterocycles. The molecule has 7 heteroatoms. The Kier molecular flexibility index (Phi) is 5.25. The van der Waals surface area contributed by atoms with Crippen LogP contribution in [-0.2, 0) is 14.8 Å². The van der Waals surface area contributed by atoms with E-state index >= 15 is 0 Å². The SMILES string of the molecule is CCOC(=O)c1cc(C)c(NS(C)(=O)=O)cc1SC. The molecular formula is C12H17NO4S2. The maximum absolute atomic E-state index is 11.8. The summed E-state index contributed by atoms with van der Waals surface area (Å²) in [5.41, 5.74) is 1.59. The largest absolute Gasteiger partial charge is 0.462 e. The second kappa shape index (κ2) is 6.29. The molecule has 5 nitrogen and oxygen atoms in total. The van der Waals surface area contributed by atoms with Crippen LogP contribution in [0.4, 0.5) is 5.69 Å². The Morgan fingerprint density at radius 3 is 2.53 bits per heavy atom. The van der Waals surface area contributed by atoms with Gasteiger partial charge in [0.05, 0.1) is 24.1 Å². The number of thioether (sulfide) groups is 1. The number of anilines is 1. The summed E-state index contributed by atoms with van der Waals surface area (Å²) in [5, 5.41) is 0. The molecule has 0 fully saturated rings. The quantitative estimate of drug-likeness (QED) is 0.667. The minimum Gasteiger partial charge on any atom is -0.462 e. The van der Waals surface area contributed by atoms with Gasteiger partial charge < -0.3 is 4.74 Å². The van der Waals surface area contributed by atoms with Crippen molar-refractivity contribution >= 4 is 33.4 Å². The monoisotopic (exact) mass is 303 g/mol. The Morgan fingerprint density at radius 1 is 1.42 bits per heavy atom. The van der Waals surface area contributed by atoms with Crippen molar-refractivity contribution < 1.29 is 17.9 Å². The minimum absolute atomic E-state index is 0.301. The molecule has 0 atom stereocenters. The highest BCUT2D eigenvalue weighted by Gasteiger charge is 2.16. The topological polar surface area (TPSA) is 72.5 Å². The van der Waals surface area contributed by atoms with Crippen LogP contribution in [0.15, 0.2) is 17.0 Å². The first kappa shape index (κ1) is 15.8. The number of nitrogens with one attached hydrogen (secondary N) is 1. The van der Waals surface area contributed by atoms with Crippen molar-refractivity contribution in [3.63, 3.8) is 0 Å². The zero-order valence-corrected chi connectivity index (χ0v) is 12.9. The van der Waals surface area contributed by atoms with E-state index in [0.717, 1.165) is 6.26 Å². The van der Waals surface area contributed by atoms with Crippen LogP contribution in [0.5, 0.6) is 0 Å². The summed E-state index contributed by atoms with van der Waals surface area (Å²) in [6, 6.07) is 3.28. The van der Waals surface area contributed by atoms with E-state index in [2.05, 4.69) is 4.72 Å². The molecule has 1 N–H and O–H groups in total. The van der Waals surface area contributed by atoms with E-state index < -0.39 is 16.0 Å². The minimum atomic E-state index is -3.34. The van der Waals surface area contributed by atoms with Gasteiger partial charge in [0.1, 0.15) is 0 Å². The number of hydrogen-bond donors (Lipinski definition) is 1. The van der Waals surface area contributed by atoms with Gasteiger partial charge in [-0.2, -0.15) is 0 Å². The summed E-state index contributed by atoms with van der Waals surface area (Å²) < 4.78 is 29.9. The van der Waals surface area contributed by atoms with Crippen LogP contribution in [0.1, 0.15) is 22.8 Å². The summed E-state index contributed by atoms with van der Waals surface area (Å²) in [7, 11) is -3.34. The summed E-state index contributed by atoms with van der Waals surface area (Å²) in [5.74, 6) is -0.402. The van der Waals surface area contributed by atoms with E-state index in [1.807, 2.05) is 6.26 Å². The predicted octanol–water partition coefficient (Wildman–Crippen LogP) is 2.27. The Hall–Kier alpha value is -1.21. The fourth-order valence-corrected chi connectivity index (χ4v) is 2.75. The number of aryl methyl sites for hydroxylation is 1. The van der Waals surface area contributed by atoms with Crippen molar-refractivity contribution in [2.45, 2.75) is 18.7 Å². The maximum atomic E-state index is 11.8. The smallest absolute Gasteiger partial charge is 0.339 e. The normalized spacial score (nSPS) is 11.2. The van der Waals surface area contributed by atoms with Gasteiger partial charge in [0.15, 0.2) is 0 Å². The maximum Gasteiger partial charge on any atom is 0.339 e. The molecule has 1 rings (SSSR count). The van der Waals surface area contributed by atoms with Crippen LogP contribution >= 0.6 is 11.8 Å². The van der Waals surface area contributed by atoms with Crippen LogP contribution in [0, 0.1) is 6.92 Å². The molecule has 0 amide bonds. The number of carbonyl (C=O) groups is 1. The van der Waals surface area contributed by atoms with E-state index in [0.29, 0.717) is 28.3 Å². The molecule has 19 heavy (non-hydrogen) atoms. The number of hydrogen-bond acceptors (Lipinski definition) is 5. The van der Waals surface area contributed by atoms with Gasteiger partial charge in [0.2, 0.25) is 10.0 Å². The Morgan fingerprint density at radius 2 is 2.05 bits per heavy atom. The number of benzene rings is 1. The first-order valence-corrected chi connectivity index (χ1v) is 8.73. The van der Waals surface area contributed by atoms with Gasteiger partial charge in [-0.25, -0.2) is 13.2 Å². The third-order valence-electron chi connectivity index (χ3n) is 2.34. The highest BCUT2D eigenvalue weighted by molar-refractivity contribution is 7.98. The molecule has 0 spiro atoms. The Labute approximate surface area is 117 Å². The second-order valence-corrected chi connectivity index (χ2v) is 6.56. The van der Waals surface area contributed by atoms with E-state index in [4.69, 9.17) is 4.74 Å². The van der Waals surface area contributed by atoms with Gasteiger partial charge in [-0.15, -0.1) is 11.8 Å². The fourth-order valence-electron chi connectivity index (χ4n) is 1.54. The number of rotatable bonds is 5. The number of sulfonamides is 1. The Balaban J connectivity index is 3.25. The lowest BCUT2D eigenvalue weighted by Crippen LogP contribution is -2.12. The number of esters is 1. The van der Waals surface area contributed by atoms with E-state index in [1.165, 1.54) is 11.8 Å². The fraction of sp³-hybridized carbons (Fsp3) is 0.417. The summed E-state index contributed by atoms with van der Waals surface area (Å²) >= 11 is 1.36. The molecule has 0 aliphatic carbocycles. The van der Waals surface area contributed by atoms with Crippen molar-refractivity contribution in [2.75, 3.05) is 23.8 Å². The van der Waals surface area contributed by atoms with Crippen LogP contribution in [0.2, 0.25) is 0 Å². The van der Waals surface area contributed by atoms with Gasteiger partial charge in [0.25, 0.3) is 0 Å². The molecule has 0 saturated heterocycles. The van der Waals surface area contributed by atoms with Crippen LogP contribution < -0.4 is 4.72 Å². The molecule has 0 radical (unpaired) electrons. The lowest BCUT2D eigenvalue weighted by molar-refractivity contribution is 0.0522. The van der Waals surface area contributed by atoms with Gasteiger partial charge in [-0.3, -0.25) is 4.72 Å². The molecule has 0 aliphatic heterocycles. The summed E-state index contributed by atoms with van der Waals surface area (Å²) in [6.07, 6.45) is 2.90.